The monoisotopic (exact) mass is 518 g/mol. The smallest absolute Gasteiger partial charge is 0.253 e. The number of carbonyl (C=O) groups excluding carboxylic acids is 1. The summed E-state index contributed by atoms with van der Waals surface area (Å²) in [5, 5.41) is 6.24. The number of amides is 1. The fourth-order valence-corrected chi connectivity index (χ4v) is 5.92. The average molecular weight is 519 g/mol. The maximum Gasteiger partial charge on any atom is 0.253 e. The van der Waals surface area contributed by atoms with Crippen LogP contribution in [0.5, 0.6) is 0 Å². The third-order valence-corrected chi connectivity index (χ3v) is 8.36. The second-order valence-corrected chi connectivity index (χ2v) is 10.7. The van der Waals surface area contributed by atoms with Crippen LogP contribution in [0, 0.1) is 5.41 Å². The van der Waals surface area contributed by atoms with Crippen LogP contribution in [-0.2, 0) is 6.54 Å². The molecule has 10 heteroatoms. The first-order chi connectivity index (χ1) is 18.0. The molecule has 2 aliphatic rings. The molecule has 4 aromatic rings. The fraction of sp³-hybridized carbons (Fsp3) is 0.407. The summed E-state index contributed by atoms with van der Waals surface area (Å²) < 4.78 is 2.00. The third-order valence-electron chi connectivity index (χ3n) is 8.11. The molecule has 37 heavy (non-hydrogen) atoms. The predicted molar refractivity (Wildman–Crippen MR) is 143 cm³/mol. The normalized spacial score (nSPS) is 22.3. The summed E-state index contributed by atoms with van der Waals surface area (Å²) in [5.41, 5.74) is 9.84. The van der Waals surface area contributed by atoms with Gasteiger partial charge in [0, 0.05) is 72.7 Å². The average Bonchev–Trinajstić information content (AvgIpc) is 3.58. The van der Waals surface area contributed by atoms with Gasteiger partial charge >= 0.3 is 0 Å². The molecule has 3 N–H and O–H groups in total. The third kappa shape index (κ3) is 4.74. The molecule has 0 bridgehead atoms. The number of H-pyrrole nitrogens is 1. The molecule has 1 aromatic carbocycles. The number of rotatable bonds is 7. The fourth-order valence-electron chi connectivity index (χ4n) is 5.80. The van der Waals surface area contributed by atoms with Crippen molar-refractivity contribution in [1.29, 1.82) is 0 Å². The van der Waals surface area contributed by atoms with Gasteiger partial charge in [-0.05, 0) is 61.6 Å². The molecule has 0 radical (unpaired) electrons. The zero-order valence-corrected chi connectivity index (χ0v) is 21.4. The van der Waals surface area contributed by atoms with Crippen molar-refractivity contribution in [3.05, 3.63) is 65.8 Å². The minimum Gasteiger partial charge on any atom is -0.346 e. The van der Waals surface area contributed by atoms with E-state index in [9.17, 15) is 4.79 Å². The van der Waals surface area contributed by atoms with Gasteiger partial charge in [-0.15, -0.1) is 0 Å². The maximum atomic E-state index is 12.8. The van der Waals surface area contributed by atoms with Crippen LogP contribution in [0.25, 0.3) is 22.3 Å². The van der Waals surface area contributed by atoms with E-state index in [1.54, 1.807) is 30.6 Å². The summed E-state index contributed by atoms with van der Waals surface area (Å²) >= 11 is 5.96. The molecule has 1 aliphatic heterocycles. The summed E-state index contributed by atoms with van der Waals surface area (Å²) in [5.74, 6) is 0.0824. The lowest BCUT2D eigenvalue weighted by atomic mass is 9.63. The summed E-state index contributed by atoms with van der Waals surface area (Å²) in [4.78, 5) is 29.2. The molecule has 4 heterocycles. The van der Waals surface area contributed by atoms with E-state index in [1.807, 2.05) is 28.0 Å². The Morgan fingerprint density at radius 1 is 1.11 bits per heavy atom. The molecular formula is C27H31ClN8O. The lowest BCUT2D eigenvalue weighted by Gasteiger charge is -2.53. The van der Waals surface area contributed by atoms with E-state index >= 15 is 0 Å². The number of nitrogens with two attached hydrogens (primary N) is 1. The molecule has 0 unspecified atom stereocenters. The molecule has 1 amide bonds. The topological polar surface area (TPSA) is 109 Å². The number of hydrogen-bond acceptors (Lipinski definition) is 6. The summed E-state index contributed by atoms with van der Waals surface area (Å²) in [6.45, 7) is 4.82. The van der Waals surface area contributed by atoms with E-state index in [0.29, 0.717) is 23.2 Å². The second kappa shape index (κ2) is 9.89. The van der Waals surface area contributed by atoms with Crippen molar-refractivity contribution in [2.24, 2.45) is 11.1 Å². The SMILES string of the molecule is NCC1(CCn2cc(-c3ncnc4[nH]ccc34)cn2)CC(N2CCN(C(=O)c3ccc(Cl)cc3)CC2)C1. The van der Waals surface area contributed by atoms with Gasteiger partial charge in [-0.25, -0.2) is 9.97 Å². The van der Waals surface area contributed by atoms with Gasteiger partial charge in [-0.2, -0.15) is 5.10 Å². The van der Waals surface area contributed by atoms with Gasteiger partial charge in [0.05, 0.1) is 11.9 Å². The van der Waals surface area contributed by atoms with E-state index in [4.69, 9.17) is 17.3 Å². The largest absolute Gasteiger partial charge is 0.346 e. The Balaban J connectivity index is 1.01. The number of fused-ring (bicyclic) bond motifs is 1. The summed E-state index contributed by atoms with van der Waals surface area (Å²) in [7, 11) is 0. The number of halogens is 1. The van der Waals surface area contributed by atoms with Crippen LogP contribution in [0.4, 0.5) is 0 Å². The molecule has 192 valence electrons. The van der Waals surface area contributed by atoms with Gasteiger partial charge in [-0.3, -0.25) is 14.4 Å². The highest BCUT2D eigenvalue weighted by atomic mass is 35.5. The van der Waals surface area contributed by atoms with E-state index in [0.717, 1.165) is 74.3 Å². The van der Waals surface area contributed by atoms with Gasteiger partial charge < -0.3 is 15.6 Å². The van der Waals surface area contributed by atoms with Gasteiger partial charge in [-0.1, -0.05) is 11.6 Å². The summed E-state index contributed by atoms with van der Waals surface area (Å²) in [6, 6.07) is 9.67. The van der Waals surface area contributed by atoms with E-state index in [-0.39, 0.29) is 11.3 Å². The first kappa shape index (κ1) is 24.1. The van der Waals surface area contributed by atoms with Crippen molar-refractivity contribution in [3.8, 4) is 11.3 Å². The Morgan fingerprint density at radius 3 is 2.65 bits per heavy atom. The molecule has 3 aromatic heterocycles. The zero-order chi connectivity index (χ0) is 25.4. The van der Waals surface area contributed by atoms with Crippen molar-refractivity contribution in [2.75, 3.05) is 32.7 Å². The maximum absolute atomic E-state index is 12.8. The van der Waals surface area contributed by atoms with E-state index in [1.165, 1.54) is 0 Å². The Labute approximate surface area is 220 Å². The van der Waals surface area contributed by atoms with Crippen LogP contribution in [-0.4, -0.2) is 79.2 Å². The van der Waals surface area contributed by atoms with Crippen LogP contribution < -0.4 is 5.73 Å². The number of benzene rings is 1. The van der Waals surface area contributed by atoms with E-state index < -0.39 is 0 Å². The van der Waals surface area contributed by atoms with Gasteiger partial charge in [0.15, 0.2) is 0 Å². The Kier molecular flexibility index (Phi) is 6.44. The number of hydrogen-bond donors (Lipinski definition) is 2. The second-order valence-electron chi connectivity index (χ2n) is 10.3. The lowest BCUT2D eigenvalue weighted by Crippen LogP contribution is -2.59. The first-order valence-electron chi connectivity index (χ1n) is 12.8. The van der Waals surface area contributed by atoms with Crippen LogP contribution >= 0.6 is 11.6 Å². The van der Waals surface area contributed by atoms with Gasteiger partial charge in [0.1, 0.15) is 12.0 Å². The molecule has 9 nitrogen and oxygen atoms in total. The van der Waals surface area contributed by atoms with Crippen molar-refractivity contribution >= 4 is 28.5 Å². The first-order valence-corrected chi connectivity index (χ1v) is 13.2. The van der Waals surface area contributed by atoms with Crippen LogP contribution in [0.2, 0.25) is 5.02 Å². The molecule has 0 spiro atoms. The number of aromatic nitrogens is 5. The molecule has 1 aliphatic carbocycles. The molecule has 1 saturated heterocycles. The highest BCUT2D eigenvalue weighted by molar-refractivity contribution is 6.30. The minimum absolute atomic E-state index is 0.0824. The highest BCUT2D eigenvalue weighted by Crippen LogP contribution is 2.46. The van der Waals surface area contributed by atoms with E-state index in [2.05, 4.69) is 31.1 Å². The Morgan fingerprint density at radius 2 is 1.89 bits per heavy atom. The number of piperazine rings is 1. The number of aromatic amines is 1. The zero-order valence-electron chi connectivity index (χ0n) is 20.7. The number of carbonyl (C=O) groups is 1. The molecule has 2 fully saturated rings. The molecule has 0 atom stereocenters. The van der Waals surface area contributed by atoms with Crippen LogP contribution in [0.3, 0.4) is 0 Å². The van der Waals surface area contributed by atoms with Crippen molar-refractivity contribution in [1.82, 2.24) is 34.5 Å². The van der Waals surface area contributed by atoms with Gasteiger partial charge in [0.2, 0.25) is 0 Å². The van der Waals surface area contributed by atoms with Crippen molar-refractivity contribution < 1.29 is 4.79 Å². The van der Waals surface area contributed by atoms with Crippen LogP contribution in [0.1, 0.15) is 29.6 Å². The molecule has 1 saturated carbocycles. The standard InChI is InChI=1S/C27H31ClN8O/c28-21-3-1-19(2-4-21)26(37)35-11-9-34(10-12-35)22-13-27(14-22,17-29)6-8-36-16-20(15-33-36)24-23-5-7-30-25(23)32-18-31-24/h1-5,7,15-16,18,22H,6,8-14,17,29H2,(H,30,31,32). The quantitative estimate of drug-likeness (QED) is 0.388. The Bertz CT molecular complexity index is 1380. The van der Waals surface area contributed by atoms with Gasteiger partial charge in [0.25, 0.3) is 5.91 Å². The Hall–Kier alpha value is -3.27. The number of nitrogens with zero attached hydrogens (tertiary/aromatic N) is 6. The van der Waals surface area contributed by atoms with Crippen molar-refractivity contribution in [2.45, 2.75) is 31.8 Å². The summed E-state index contributed by atoms with van der Waals surface area (Å²) in [6.07, 6.45) is 10.6. The predicted octanol–water partition coefficient (Wildman–Crippen LogP) is 3.43. The number of nitrogens with one attached hydrogen (secondary N) is 1. The minimum atomic E-state index is 0.0824. The number of aryl methyl sites for hydroxylation is 1. The van der Waals surface area contributed by atoms with Crippen LogP contribution in [0.15, 0.2) is 55.2 Å². The highest BCUT2D eigenvalue weighted by Gasteiger charge is 2.45. The lowest BCUT2D eigenvalue weighted by molar-refractivity contribution is -0.0216. The van der Waals surface area contributed by atoms with Crippen molar-refractivity contribution in [3.63, 3.8) is 0 Å². The molecular weight excluding hydrogens is 488 g/mol. The molecule has 6 rings (SSSR count).